The van der Waals surface area contributed by atoms with Crippen LogP contribution in [0.1, 0.15) is 5.56 Å². The third-order valence-electron chi connectivity index (χ3n) is 1.17. The number of hydrogen-bond acceptors (Lipinski definition) is 1. The van der Waals surface area contributed by atoms with Crippen molar-refractivity contribution in [2.75, 3.05) is 0 Å². The van der Waals surface area contributed by atoms with Crippen molar-refractivity contribution >= 4 is 0 Å². The summed E-state index contributed by atoms with van der Waals surface area (Å²) in [5.41, 5.74) is 5.16. The first-order valence-corrected chi connectivity index (χ1v) is 2.80. The minimum absolute atomic E-state index is 0.0242. The first-order valence-electron chi connectivity index (χ1n) is 2.80. The molecular formula is C7H6F2N. The van der Waals surface area contributed by atoms with Crippen LogP contribution in [0.25, 0.3) is 0 Å². The number of nitrogens with two attached hydrogens (primary N) is 1. The number of rotatable bonds is 1. The van der Waals surface area contributed by atoms with Gasteiger partial charge in [-0.3, -0.25) is 0 Å². The van der Waals surface area contributed by atoms with E-state index in [-0.39, 0.29) is 12.1 Å². The van der Waals surface area contributed by atoms with Crippen LogP contribution in [0, 0.1) is 17.7 Å². The molecule has 0 aliphatic rings. The molecule has 0 aliphatic heterocycles. The molecule has 0 saturated carbocycles. The van der Waals surface area contributed by atoms with Gasteiger partial charge in [0.25, 0.3) is 0 Å². The van der Waals surface area contributed by atoms with Gasteiger partial charge in [-0.2, -0.15) is 0 Å². The van der Waals surface area contributed by atoms with Crippen LogP contribution in [0.2, 0.25) is 0 Å². The molecule has 10 heavy (non-hydrogen) atoms. The zero-order chi connectivity index (χ0) is 7.56. The smallest absolute Gasteiger partial charge is 0.163 e. The van der Waals surface area contributed by atoms with Crippen molar-refractivity contribution in [3.8, 4) is 0 Å². The van der Waals surface area contributed by atoms with E-state index in [2.05, 4.69) is 6.07 Å². The van der Waals surface area contributed by atoms with Crippen molar-refractivity contribution in [1.29, 1.82) is 0 Å². The van der Waals surface area contributed by atoms with E-state index in [1.165, 1.54) is 6.07 Å². The van der Waals surface area contributed by atoms with Crippen LogP contribution in [-0.2, 0) is 6.54 Å². The molecule has 0 fully saturated rings. The predicted molar refractivity (Wildman–Crippen MR) is 33.1 cm³/mol. The largest absolute Gasteiger partial charge is 0.326 e. The molecule has 1 aromatic carbocycles. The Morgan fingerprint density at radius 3 is 2.70 bits per heavy atom. The fraction of sp³-hybridized carbons (Fsp3) is 0.143. The summed E-state index contributed by atoms with van der Waals surface area (Å²) in [5, 5.41) is 0. The lowest BCUT2D eigenvalue weighted by Crippen LogP contribution is -2.01. The fourth-order valence-corrected chi connectivity index (χ4v) is 0.645. The summed E-state index contributed by atoms with van der Waals surface area (Å²) in [4.78, 5) is 0. The van der Waals surface area contributed by atoms with Gasteiger partial charge in [0.1, 0.15) is 0 Å². The van der Waals surface area contributed by atoms with E-state index in [0.29, 0.717) is 0 Å². The van der Waals surface area contributed by atoms with Gasteiger partial charge >= 0.3 is 0 Å². The number of halogens is 2. The molecule has 0 bridgehead atoms. The van der Waals surface area contributed by atoms with E-state index >= 15 is 0 Å². The molecule has 0 amide bonds. The Labute approximate surface area is 57.5 Å². The molecule has 2 N–H and O–H groups in total. The van der Waals surface area contributed by atoms with Crippen LogP contribution in [0.3, 0.4) is 0 Å². The molecule has 0 aliphatic carbocycles. The van der Waals surface area contributed by atoms with Gasteiger partial charge in [-0.1, -0.05) is 6.07 Å². The monoisotopic (exact) mass is 142 g/mol. The average molecular weight is 142 g/mol. The highest BCUT2D eigenvalue weighted by Crippen LogP contribution is 2.08. The standard InChI is InChI=1S/C7H6F2N/c8-6-3-1-2-5(4-10)7(6)9/h1,3H,4,10H2. The van der Waals surface area contributed by atoms with Crippen LogP contribution in [0.4, 0.5) is 8.78 Å². The lowest BCUT2D eigenvalue weighted by molar-refractivity contribution is 0.499. The second-order valence-electron chi connectivity index (χ2n) is 1.82. The van der Waals surface area contributed by atoms with E-state index in [4.69, 9.17) is 5.73 Å². The van der Waals surface area contributed by atoms with Crippen molar-refractivity contribution in [1.82, 2.24) is 0 Å². The Morgan fingerprint density at radius 1 is 1.50 bits per heavy atom. The van der Waals surface area contributed by atoms with E-state index < -0.39 is 11.6 Å². The molecule has 53 valence electrons. The van der Waals surface area contributed by atoms with Gasteiger partial charge in [-0.15, -0.1) is 0 Å². The molecule has 3 heteroatoms. The Kier molecular flexibility index (Phi) is 1.97. The van der Waals surface area contributed by atoms with Gasteiger partial charge < -0.3 is 5.73 Å². The summed E-state index contributed by atoms with van der Waals surface area (Å²) >= 11 is 0. The van der Waals surface area contributed by atoms with Crippen LogP contribution in [-0.4, -0.2) is 0 Å². The van der Waals surface area contributed by atoms with Gasteiger partial charge in [-0.25, -0.2) is 8.78 Å². The Hall–Kier alpha value is -0.960. The van der Waals surface area contributed by atoms with Crippen LogP contribution in [0.5, 0.6) is 0 Å². The highest BCUT2D eigenvalue weighted by atomic mass is 19.2. The summed E-state index contributed by atoms with van der Waals surface area (Å²) in [5.74, 6) is -1.77. The summed E-state index contributed by atoms with van der Waals surface area (Å²) in [6.07, 6.45) is 0. The van der Waals surface area contributed by atoms with Crippen LogP contribution in [0.15, 0.2) is 12.1 Å². The zero-order valence-electron chi connectivity index (χ0n) is 5.20. The van der Waals surface area contributed by atoms with Crippen molar-refractivity contribution in [3.05, 3.63) is 35.4 Å². The molecule has 0 saturated heterocycles. The van der Waals surface area contributed by atoms with E-state index in [1.807, 2.05) is 0 Å². The van der Waals surface area contributed by atoms with Crippen molar-refractivity contribution < 1.29 is 8.78 Å². The molecule has 1 rings (SSSR count). The quantitative estimate of drug-likeness (QED) is 0.626. The summed E-state index contributed by atoms with van der Waals surface area (Å²) in [6.45, 7) is -0.0242. The molecule has 0 spiro atoms. The second kappa shape index (κ2) is 2.75. The van der Waals surface area contributed by atoms with Gasteiger partial charge in [0.05, 0.1) is 0 Å². The highest BCUT2D eigenvalue weighted by molar-refractivity contribution is 5.16. The number of benzene rings is 1. The Morgan fingerprint density at radius 2 is 2.20 bits per heavy atom. The summed E-state index contributed by atoms with van der Waals surface area (Å²) in [7, 11) is 0. The first kappa shape index (κ1) is 7.15. The van der Waals surface area contributed by atoms with Crippen LogP contribution >= 0.6 is 0 Å². The molecule has 1 radical (unpaired) electrons. The second-order valence-corrected chi connectivity index (χ2v) is 1.82. The van der Waals surface area contributed by atoms with E-state index in [0.717, 1.165) is 6.07 Å². The molecule has 1 nitrogen and oxygen atoms in total. The van der Waals surface area contributed by atoms with Crippen molar-refractivity contribution in [2.24, 2.45) is 5.73 Å². The van der Waals surface area contributed by atoms with Crippen molar-refractivity contribution in [2.45, 2.75) is 6.54 Å². The third kappa shape index (κ3) is 1.14. The van der Waals surface area contributed by atoms with E-state index in [1.54, 1.807) is 0 Å². The third-order valence-corrected chi connectivity index (χ3v) is 1.17. The molecule has 0 unspecified atom stereocenters. The highest BCUT2D eigenvalue weighted by Gasteiger charge is 2.04. The Balaban J connectivity index is 3.14. The van der Waals surface area contributed by atoms with Gasteiger partial charge in [0, 0.05) is 12.1 Å². The summed E-state index contributed by atoms with van der Waals surface area (Å²) < 4.78 is 24.8. The van der Waals surface area contributed by atoms with E-state index in [9.17, 15) is 8.78 Å². The minimum atomic E-state index is -0.898. The lowest BCUT2D eigenvalue weighted by atomic mass is 10.2. The Bertz CT molecular complexity index is 235. The topological polar surface area (TPSA) is 26.0 Å². The van der Waals surface area contributed by atoms with Crippen LogP contribution < -0.4 is 5.73 Å². The SMILES string of the molecule is NCc1[c]ccc(F)c1F. The lowest BCUT2D eigenvalue weighted by Gasteiger charge is -1.97. The normalized spacial score (nSPS) is 9.90. The van der Waals surface area contributed by atoms with Crippen molar-refractivity contribution in [3.63, 3.8) is 0 Å². The zero-order valence-corrected chi connectivity index (χ0v) is 5.20. The molecule has 0 atom stereocenters. The molecule has 0 heterocycles. The maximum atomic E-state index is 12.5. The molecule has 0 aromatic heterocycles. The molecular weight excluding hydrogens is 136 g/mol. The van der Waals surface area contributed by atoms with Gasteiger partial charge in [-0.05, 0) is 12.1 Å². The maximum Gasteiger partial charge on any atom is 0.163 e. The van der Waals surface area contributed by atoms with Gasteiger partial charge in [0.2, 0.25) is 0 Å². The average Bonchev–Trinajstić information content (AvgIpc) is 1.95. The first-order chi connectivity index (χ1) is 4.75. The number of hydrogen-bond donors (Lipinski definition) is 1. The molecule has 1 aromatic rings. The maximum absolute atomic E-state index is 12.5. The predicted octanol–water partition coefficient (Wildman–Crippen LogP) is 1.22. The fourth-order valence-electron chi connectivity index (χ4n) is 0.645. The minimum Gasteiger partial charge on any atom is -0.326 e. The summed E-state index contributed by atoms with van der Waals surface area (Å²) in [6, 6.07) is 4.80. The van der Waals surface area contributed by atoms with Gasteiger partial charge in [0.15, 0.2) is 11.6 Å².